The molecule has 2 amide bonds. The molecule has 2 aliphatic rings. The number of carbonyl (C=O) groups is 2. The standard InChI is InChI=1S/C14H14ClN3O2/c15-11-12(14(20)16-13(11)19)18-8-6-17(7-9-18)10-4-2-1-3-5-10/h1-5H,6-9H2,(H,16,19,20). The molecule has 2 aliphatic heterocycles. The van der Waals surface area contributed by atoms with Gasteiger partial charge in [0.05, 0.1) is 0 Å². The Morgan fingerprint density at radius 1 is 0.900 bits per heavy atom. The highest BCUT2D eigenvalue weighted by Gasteiger charge is 2.34. The Labute approximate surface area is 121 Å². The van der Waals surface area contributed by atoms with Crippen LogP contribution in [0.1, 0.15) is 0 Å². The van der Waals surface area contributed by atoms with Gasteiger partial charge in [-0.2, -0.15) is 0 Å². The van der Waals surface area contributed by atoms with E-state index in [-0.39, 0.29) is 5.03 Å². The van der Waals surface area contributed by atoms with E-state index in [0.29, 0.717) is 18.8 Å². The Bertz CT molecular complexity index is 577. The molecule has 0 saturated carbocycles. The van der Waals surface area contributed by atoms with E-state index in [1.807, 2.05) is 23.1 Å². The number of benzene rings is 1. The lowest BCUT2D eigenvalue weighted by atomic mass is 10.2. The van der Waals surface area contributed by atoms with Crippen LogP contribution in [0, 0.1) is 0 Å². The number of imide groups is 1. The molecule has 0 atom stereocenters. The van der Waals surface area contributed by atoms with Crippen molar-refractivity contribution in [3.05, 3.63) is 41.1 Å². The zero-order valence-corrected chi connectivity index (χ0v) is 11.6. The van der Waals surface area contributed by atoms with Gasteiger partial charge in [-0.05, 0) is 12.1 Å². The van der Waals surface area contributed by atoms with Crippen molar-refractivity contribution in [3.8, 4) is 0 Å². The van der Waals surface area contributed by atoms with Crippen molar-refractivity contribution < 1.29 is 9.59 Å². The second-order valence-electron chi connectivity index (χ2n) is 4.76. The average Bonchev–Trinajstić information content (AvgIpc) is 2.73. The van der Waals surface area contributed by atoms with Gasteiger partial charge < -0.3 is 9.80 Å². The molecule has 0 aromatic heterocycles. The number of rotatable bonds is 2. The van der Waals surface area contributed by atoms with Crippen molar-refractivity contribution in [1.82, 2.24) is 10.2 Å². The summed E-state index contributed by atoms with van der Waals surface area (Å²) >= 11 is 5.90. The maximum absolute atomic E-state index is 11.7. The molecule has 6 heteroatoms. The van der Waals surface area contributed by atoms with Crippen LogP contribution in [0.4, 0.5) is 5.69 Å². The molecule has 0 spiro atoms. The largest absolute Gasteiger partial charge is 0.368 e. The molecule has 1 fully saturated rings. The topological polar surface area (TPSA) is 52.7 Å². The van der Waals surface area contributed by atoms with Crippen LogP contribution in [-0.4, -0.2) is 42.9 Å². The molecule has 5 nitrogen and oxygen atoms in total. The molecule has 0 unspecified atom stereocenters. The van der Waals surface area contributed by atoms with E-state index in [1.54, 1.807) is 0 Å². The van der Waals surface area contributed by atoms with Crippen LogP contribution >= 0.6 is 11.6 Å². The summed E-state index contributed by atoms with van der Waals surface area (Å²) in [5.41, 5.74) is 1.48. The van der Waals surface area contributed by atoms with Gasteiger partial charge in [-0.1, -0.05) is 29.8 Å². The first-order chi connectivity index (χ1) is 9.66. The van der Waals surface area contributed by atoms with Crippen LogP contribution in [0.25, 0.3) is 0 Å². The molecular formula is C14H14ClN3O2. The van der Waals surface area contributed by atoms with E-state index >= 15 is 0 Å². The molecule has 1 aromatic carbocycles. The number of piperazine rings is 1. The van der Waals surface area contributed by atoms with Crippen LogP contribution in [-0.2, 0) is 9.59 Å². The molecule has 104 valence electrons. The molecule has 1 aromatic rings. The fraction of sp³-hybridized carbons (Fsp3) is 0.286. The first-order valence-corrected chi connectivity index (χ1v) is 6.85. The Morgan fingerprint density at radius 2 is 1.50 bits per heavy atom. The second-order valence-corrected chi connectivity index (χ2v) is 5.13. The van der Waals surface area contributed by atoms with Gasteiger partial charge in [-0.3, -0.25) is 14.9 Å². The number of carbonyl (C=O) groups excluding carboxylic acids is 2. The highest BCUT2D eigenvalue weighted by atomic mass is 35.5. The maximum atomic E-state index is 11.7. The Kier molecular flexibility index (Phi) is 3.36. The average molecular weight is 292 g/mol. The summed E-state index contributed by atoms with van der Waals surface area (Å²) in [6, 6.07) is 10.1. The van der Waals surface area contributed by atoms with Crippen LogP contribution in [0.5, 0.6) is 0 Å². The fourth-order valence-electron chi connectivity index (χ4n) is 2.53. The lowest BCUT2D eigenvalue weighted by Crippen LogP contribution is -2.47. The minimum Gasteiger partial charge on any atom is -0.368 e. The molecule has 1 N–H and O–H groups in total. The predicted molar refractivity (Wildman–Crippen MR) is 76.3 cm³/mol. The summed E-state index contributed by atoms with van der Waals surface area (Å²) in [6.45, 7) is 2.92. The van der Waals surface area contributed by atoms with Gasteiger partial charge in [0.25, 0.3) is 11.8 Å². The van der Waals surface area contributed by atoms with Gasteiger partial charge in [0.1, 0.15) is 10.7 Å². The van der Waals surface area contributed by atoms with E-state index in [9.17, 15) is 9.59 Å². The van der Waals surface area contributed by atoms with E-state index in [0.717, 1.165) is 13.1 Å². The molecule has 2 heterocycles. The number of hydrogen-bond donors (Lipinski definition) is 1. The molecule has 3 rings (SSSR count). The highest BCUT2D eigenvalue weighted by Crippen LogP contribution is 2.23. The minimum absolute atomic E-state index is 0.00293. The zero-order chi connectivity index (χ0) is 14.1. The molecule has 0 radical (unpaired) electrons. The maximum Gasteiger partial charge on any atom is 0.276 e. The lowest BCUT2D eigenvalue weighted by Gasteiger charge is -2.37. The van der Waals surface area contributed by atoms with Crippen LogP contribution in [0.15, 0.2) is 41.1 Å². The van der Waals surface area contributed by atoms with Gasteiger partial charge in [0.2, 0.25) is 0 Å². The van der Waals surface area contributed by atoms with Crippen molar-refractivity contribution in [1.29, 1.82) is 0 Å². The Hall–Kier alpha value is -2.01. The van der Waals surface area contributed by atoms with Gasteiger partial charge >= 0.3 is 0 Å². The zero-order valence-electron chi connectivity index (χ0n) is 10.8. The predicted octanol–water partition coefficient (Wildman–Crippen LogP) is 0.915. The molecule has 20 heavy (non-hydrogen) atoms. The highest BCUT2D eigenvalue weighted by molar-refractivity contribution is 6.47. The van der Waals surface area contributed by atoms with Crippen LogP contribution in [0.2, 0.25) is 0 Å². The number of nitrogens with zero attached hydrogens (tertiary/aromatic N) is 2. The Morgan fingerprint density at radius 3 is 2.05 bits per heavy atom. The SMILES string of the molecule is O=C1NC(=O)C(N2CCN(c3ccccc3)CC2)=C1Cl. The van der Waals surface area contributed by atoms with Crippen LogP contribution < -0.4 is 10.2 Å². The number of amides is 2. The second kappa shape index (κ2) is 5.17. The van der Waals surface area contributed by atoms with E-state index in [1.165, 1.54) is 5.69 Å². The van der Waals surface area contributed by atoms with E-state index < -0.39 is 11.8 Å². The third-order valence-corrected chi connectivity index (χ3v) is 3.92. The summed E-state index contributed by atoms with van der Waals surface area (Å²) < 4.78 is 0. The minimum atomic E-state index is -0.503. The molecular weight excluding hydrogens is 278 g/mol. The number of para-hydroxylation sites is 1. The third kappa shape index (κ3) is 2.25. The summed E-state index contributed by atoms with van der Waals surface area (Å²) in [4.78, 5) is 27.2. The Balaban J connectivity index is 1.71. The van der Waals surface area contributed by atoms with Crippen molar-refractivity contribution in [3.63, 3.8) is 0 Å². The normalized spacial score (nSPS) is 19.6. The molecule has 0 aliphatic carbocycles. The molecule has 1 saturated heterocycles. The van der Waals surface area contributed by atoms with Gasteiger partial charge in [-0.25, -0.2) is 0 Å². The van der Waals surface area contributed by atoms with Gasteiger partial charge in [-0.15, -0.1) is 0 Å². The summed E-state index contributed by atoms with van der Waals surface area (Å²) in [7, 11) is 0. The summed E-state index contributed by atoms with van der Waals surface area (Å²) in [5, 5.41) is 2.22. The van der Waals surface area contributed by atoms with Crippen molar-refractivity contribution in [2.75, 3.05) is 31.1 Å². The van der Waals surface area contributed by atoms with E-state index in [4.69, 9.17) is 11.6 Å². The summed E-state index contributed by atoms with van der Waals surface area (Å²) in [6.07, 6.45) is 0. The van der Waals surface area contributed by atoms with Crippen molar-refractivity contribution >= 4 is 29.1 Å². The first kappa shape index (κ1) is 13.0. The number of anilines is 1. The fourth-order valence-corrected chi connectivity index (χ4v) is 2.79. The van der Waals surface area contributed by atoms with Crippen molar-refractivity contribution in [2.24, 2.45) is 0 Å². The quantitative estimate of drug-likeness (QED) is 0.823. The number of nitrogens with one attached hydrogen (secondary N) is 1. The first-order valence-electron chi connectivity index (χ1n) is 6.47. The molecule has 0 bridgehead atoms. The van der Waals surface area contributed by atoms with E-state index in [2.05, 4.69) is 22.3 Å². The van der Waals surface area contributed by atoms with Crippen LogP contribution in [0.3, 0.4) is 0 Å². The monoisotopic (exact) mass is 291 g/mol. The number of halogens is 1. The lowest BCUT2D eigenvalue weighted by molar-refractivity contribution is -0.124. The third-order valence-electron chi connectivity index (χ3n) is 3.57. The van der Waals surface area contributed by atoms with Gasteiger partial charge in [0.15, 0.2) is 0 Å². The number of hydrogen-bond acceptors (Lipinski definition) is 4. The van der Waals surface area contributed by atoms with Crippen molar-refractivity contribution in [2.45, 2.75) is 0 Å². The smallest absolute Gasteiger partial charge is 0.276 e. The van der Waals surface area contributed by atoms with Gasteiger partial charge in [0, 0.05) is 31.9 Å². The summed E-state index contributed by atoms with van der Waals surface area (Å²) in [5.74, 6) is -0.898.